The first-order chi connectivity index (χ1) is 15.9. The molecule has 2 aromatic heterocycles. The molecule has 184 valence electrons. The van der Waals surface area contributed by atoms with E-state index < -0.39 is 34.2 Å². The minimum atomic E-state index is -3.11. The molecule has 10 nitrogen and oxygen atoms in total. The van der Waals surface area contributed by atoms with Crippen molar-refractivity contribution < 1.29 is 32.3 Å². The topological polar surface area (TPSA) is 137 Å². The molecular weight excluding hydrogens is 486 g/mol. The Bertz CT molecular complexity index is 1270. The van der Waals surface area contributed by atoms with Crippen LogP contribution in [0.15, 0.2) is 6.08 Å². The summed E-state index contributed by atoms with van der Waals surface area (Å²) in [4.78, 5) is 39.6. The number of hydrogen-bond acceptors (Lipinski definition) is 8. The van der Waals surface area contributed by atoms with Gasteiger partial charge in [0, 0.05) is 17.3 Å². The zero-order valence-electron chi connectivity index (χ0n) is 19.3. The molecule has 1 aliphatic heterocycles. The second-order valence-corrected chi connectivity index (χ2v) is 10.6. The zero-order chi connectivity index (χ0) is 25.2. The van der Waals surface area contributed by atoms with Crippen LogP contribution in [-0.2, 0) is 24.1 Å². The minimum Gasteiger partial charge on any atom is -0.462 e. The quantitative estimate of drug-likeness (QED) is 0.324. The Morgan fingerprint density at radius 3 is 2.56 bits per heavy atom. The Balaban J connectivity index is 1.65. The van der Waals surface area contributed by atoms with Crippen LogP contribution in [0, 0.1) is 20.8 Å². The monoisotopic (exact) mass is 511 g/mol. The first-order valence-electron chi connectivity index (χ1n) is 10.6. The molecule has 34 heavy (non-hydrogen) atoms. The van der Waals surface area contributed by atoms with E-state index in [4.69, 9.17) is 21.1 Å². The van der Waals surface area contributed by atoms with Crippen LogP contribution in [0.25, 0.3) is 6.08 Å². The Morgan fingerprint density at radius 1 is 1.24 bits per heavy atom. The molecule has 0 spiro atoms. The fraction of sp³-hybridized carbons (Fsp3) is 0.455. The number of nitrogens with zero attached hydrogens (tertiary/aromatic N) is 2. The summed E-state index contributed by atoms with van der Waals surface area (Å²) in [5.74, 6) is -1.75. The van der Waals surface area contributed by atoms with Crippen molar-refractivity contribution in [2.75, 3.05) is 24.7 Å². The van der Waals surface area contributed by atoms with Crippen molar-refractivity contribution in [1.29, 1.82) is 0 Å². The lowest BCUT2D eigenvalue weighted by Crippen LogP contribution is -2.14. The van der Waals surface area contributed by atoms with Gasteiger partial charge in [0.15, 0.2) is 16.4 Å². The van der Waals surface area contributed by atoms with Crippen molar-refractivity contribution in [3.05, 3.63) is 45.0 Å². The van der Waals surface area contributed by atoms with Crippen LogP contribution in [0.5, 0.6) is 0 Å². The Labute approximate surface area is 202 Å². The molecule has 2 aromatic rings. The summed E-state index contributed by atoms with van der Waals surface area (Å²) in [5.41, 5.74) is 2.36. The molecule has 3 rings (SSSR count). The van der Waals surface area contributed by atoms with E-state index in [-0.39, 0.29) is 40.6 Å². The minimum absolute atomic E-state index is 0.0311. The third kappa shape index (κ3) is 5.41. The van der Waals surface area contributed by atoms with Gasteiger partial charge < -0.3 is 14.5 Å². The molecule has 0 unspecified atom stereocenters. The van der Waals surface area contributed by atoms with Crippen molar-refractivity contribution in [1.82, 2.24) is 14.8 Å². The predicted molar refractivity (Wildman–Crippen MR) is 125 cm³/mol. The molecule has 12 heteroatoms. The number of carbonyl (C=O) groups excluding carboxylic acids is 3. The molecule has 1 saturated heterocycles. The number of H-pyrrole nitrogens is 1. The normalized spacial score (nSPS) is 17.3. The summed E-state index contributed by atoms with van der Waals surface area (Å²) < 4.78 is 35.0. The maximum Gasteiger partial charge on any atom is 0.340 e. The zero-order valence-corrected chi connectivity index (χ0v) is 20.9. The number of aromatic amines is 1. The van der Waals surface area contributed by atoms with E-state index in [9.17, 15) is 22.8 Å². The number of sulfone groups is 1. The van der Waals surface area contributed by atoms with E-state index in [1.54, 1.807) is 27.7 Å². The molecular formula is C22H26ClN3O7S. The van der Waals surface area contributed by atoms with Crippen LogP contribution in [0.2, 0.25) is 5.15 Å². The number of esters is 2. The van der Waals surface area contributed by atoms with Gasteiger partial charge in [-0.3, -0.25) is 4.79 Å². The second-order valence-electron chi connectivity index (χ2n) is 8.00. The van der Waals surface area contributed by atoms with Gasteiger partial charge in [0.05, 0.1) is 41.1 Å². The van der Waals surface area contributed by atoms with Crippen LogP contribution >= 0.6 is 11.6 Å². The highest BCUT2D eigenvalue weighted by molar-refractivity contribution is 7.91. The SMILES string of the molecule is CCOC(=O)c1c(C)[nH]c(C(=O)COC(=O)/C=C/c2c(C)nn([C@H]3CCS(=O)(=O)C3)c2Cl)c1C. The van der Waals surface area contributed by atoms with Gasteiger partial charge in [0.2, 0.25) is 5.78 Å². The highest BCUT2D eigenvalue weighted by Crippen LogP contribution is 2.30. The maximum absolute atomic E-state index is 12.5. The number of halogens is 1. The van der Waals surface area contributed by atoms with E-state index >= 15 is 0 Å². The van der Waals surface area contributed by atoms with Crippen LogP contribution in [0.1, 0.15) is 62.7 Å². The van der Waals surface area contributed by atoms with Gasteiger partial charge in [-0.2, -0.15) is 5.10 Å². The summed E-state index contributed by atoms with van der Waals surface area (Å²) in [7, 11) is -3.11. The lowest BCUT2D eigenvalue weighted by Gasteiger charge is -2.09. The van der Waals surface area contributed by atoms with E-state index in [0.717, 1.165) is 6.08 Å². The number of rotatable bonds is 8. The summed E-state index contributed by atoms with van der Waals surface area (Å²) in [6.45, 7) is 6.32. The van der Waals surface area contributed by atoms with E-state index in [2.05, 4.69) is 10.1 Å². The number of ketones is 1. The van der Waals surface area contributed by atoms with E-state index in [1.807, 2.05) is 0 Å². The molecule has 3 heterocycles. The number of hydrogen-bond donors (Lipinski definition) is 1. The van der Waals surface area contributed by atoms with Gasteiger partial charge >= 0.3 is 11.9 Å². The Hall–Kier alpha value is -2.92. The molecule has 1 fully saturated rings. The fourth-order valence-electron chi connectivity index (χ4n) is 3.88. The summed E-state index contributed by atoms with van der Waals surface area (Å²) in [5, 5.41) is 4.54. The number of nitrogens with one attached hydrogen (secondary N) is 1. The van der Waals surface area contributed by atoms with Crippen molar-refractivity contribution in [3.8, 4) is 0 Å². The highest BCUT2D eigenvalue weighted by atomic mass is 35.5. The standard InChI is InChI=1S/C22H26ClN3O7S/c1-5-32-22(29)19-12(2)20(24-14(19)4)17(27)10-33-18(28)7-6-16-13(3)25-26(21(16)23)15-8-9-34(30,31)11-15/h6-7,15,24H,5,8-11H2,1-4H3/b7-6+/t15-/m0/s1. The van der Waals surface area contributed by atoms with Gasteiger partial charge in [-0.25, -0.2) is 22.7 Å². The van der Waals surface area contributed by atoms with Gasteiger partial charge in [0.1, 0.15) is 5.15 Å². The van der Waals surface area contributed by atoms with Crippen molar-refractivity contribution >= 4 is 45.2 Å². The second kappa shape index (κ2) is 10.1. The predicted octanol–water partition coefficient (Wildman–Crippen LogP) is 2.77. The van der Waals surface area contributed by atoms with Crippen molar-refractivity contribution in [3.63, 3.8) is 0 Å². The fourth-order valence-corrected chi connectivity index (χ4v) is 5.95. The van der Waals surface area contributed by atoms with Crippen LogP contribution < -0.4 is 0 Å². The number of aryl methyl sites for hydroxylation is 2. The number of Topliss-reactive ketones (excluding diaryl/α,β-unsaturated/α-hetero) is 1. The molecule has 0 aliphatic carbocycles. The largest absolute Gasteiger partial charge is 0.462 e. The molecule has 1 atom stereocenters. The maximum atomic E-state index is 12.5. The molecule has 0 saturated carbocycles. The molecule has 0 amide bonds. The third-order valence-electron chi connectivity index (χ3n) is 5.55. The average molecular weight is 512 g/mol. The molecule has 1 aliphatic rings. The van der Waals surface area contributed by atoms with Gasteiger partial charge in [-0.15, -0.1) is 0 Å². The Morgan fingerprint density at radius 2 is 1.94 bits per heavy atom. The van der Waals surface area contributed by atoms with E-state index in [0.29, 0.717) is 28.9 Å². The Kier molecular flexibility index (Phi) is 7.67. The lowest BCUT2D eigenvalue weighted by atomic mass is 10.1. The summed E-state index contributed by atoms with van der Waals surface area (Å²) in [6.07, 6.45) is 2.96. The molecule has 0 radical (unpaired) electrons. The van der Waals surface area contributed by atoms with Crippen LogP contribution in [0.4, 0.5) is 0 Å². The molecule has 1 N–H and O–H groups in total. The van der Waals surface area contributed by atoms with Crippen molar-refractivity contribution in [2.45, 2.75) is 40.2 Å². The van der Waals surface area contributed by atoms with Crippen molar-refractivity contribution in [2.24, 2.45) is 0 Å². The molecule has 0 aromatic carbocycles. The summed E-state index contributed by atoms with van der Waals surface area (Å²) in [6, 6.07) is -0.352. The summed E-state index contributed by atoms with van der Waals surface area (Å²) >= 11 is 6.38. The van der Waals surface area contributed by atoms with Crippen LogP contribution in [-0.4, -0.2) is 65.6 Å². The first kappa shape index (κ1) is 25.7. The number of ether oxygens (including phenoxy) is 2. The van der Waals surface area contributed by atoms with E-state index in [1.165, 1.54) is 10.8 Å². The third-order valence-corrected chi connectivity index (χ3v) is 7.68. The molecule has 0 bridgehead atoms. The number of carbonyl (C=O) groups is 3. The van der Waals surface area contributed by atoms with Crippen LogP contribution in [0.3, 0.4) is 0 Å². The smallest absolute Gasteiger partial charge is 0.340 e. The van der Waals surface area contributed by atoms with Gasteiger partial charge in [0.25, 0.3) is 0 Å². The highest BCUT2D eigenvalue weighted by Gasteiger charge is 2.32. The number of aromatic nitrogens is 3. The van der Waals surface area contributed by atoms with Gasteiger partial charge in [-0.05, 0) is 45.8 Å². The average Bonchev–Trinajstić information content (AvgIpc) is 3.37. The lowest BCUT2D eigenvalue weighted by molar-refractivity contribution is -0.136. The first-order valence-corrected chi connectivity index (χ1v) is 12.8. The van der Waals surface area contributed by atoms with Gasteiger partial charge in [-0.1, -0.05) is 11.6 Å².